The lowest BCUT2D eigenvalue weighted by atomic mass is 9.95. The zero-order chi connectivity index (χ0) is 20.5. The number of aromatic nitrogens is 1. The number of morpholine rings is 1. The van der Waals surface area contributed by atoms with Gasteiger partial charge in [-0.15, -0.1) is 0 Å². The highest BCUT2D eigenvalue weighted by molar-refractivity contribution is 6.03. The monoisotopic (exact) mass is 404 g/mol. The zero-order valence-electron chi connectivity index (χ0n) is 16.6. The predicted molar refractivity (Wildman–Crippen MR) is 106 cm³/mol. The number of hydrogen-bond donors (Lipinski definition) is 3. The molecule has 3 N–H and O–H groups in total. The number of quaternary nitrogens is 1. The third-order valence-electron chi connectivity index (χ3n) is 6.01. The number of amides is 1. The quantitative estimate of drug-likeness (QED) is 0.630. The van der Waals surface area contributed by atoms with E-state index >= 15 is 0 Å². The first kappa shape index (κ1) is 19.8. The fourth-order valence-corrected chi connectivity index (χ4v) is 4.43. The zero-order valence-corrected chi connectivity index (χ0v) is 16.6. The van der Waals surface area contributed by atoms with E-state index in [0.717, 1.165) is 39.3 Å². The average molecular weight is 404 g/mol. The third kappa shape index (κ3) is 3.74. The molecule has 156 valence electrons. The van der Waals surface area contributed by atoms with E-state index in [-0.39, 0.29) is 17.0 Å². The Balaban J connectivity index is 1.58. The van der Waals surface area contributed by atoms with Gasteiger partial charge in [-0.25, -0.2) is 4.39 Å². The second-order valence-corrected chi connectivity index (χ2v) is 7.97. The van der Waals surface area contributed by atoms with Crippen LogP contribution >= 0.6 is 0 Å². The van der Waals surface area contributed by atoms with Crippen LogP contribution in [0.5, 0.6) is 5.75 Å². The minimum absolute atomic E-state index is 0.125. The van der Waals surface area contributed by atoms with E-state index in [9.17, 15) is 19.1 Å². The van der Waals surface area contributed by atoms with E-state index in [1.807, 2.05) is 6.92 Å². The van der Waals surface area contributed by atoms with Crippen molar-refractivity contribution in [3.05, 3.63) is 39.4 Å². The first-order chi connectivity index (χ1) is 14.0. The van der Waals surface area contributed by atoms with Gasteiger partial charge in [0.05, 0.1) is 25.3 Å². The lowest BCUT2D eigenvalue weighted by molar-refractivity contribution is -0.908. The Hall–Kier alpha value is -2.45. The normalized spacial score (nSPS) is 19.4. The number of benzene rings is 1. The number of nitrogens with one attached hydrogen (secondary N) is 2. The maximum Gasteiger partial charge on any atom is 0.267 e. The molecule has 0 spiro atoms. The maximum absolute atomic E-state index is 14.1. The highest BCUT2D eigenvalue weighted by Gasteiger charge is 2.28. The van der Waals surface area contributed by atoms with Crippen molar-refractivity contribution in [1.29, 1.82) is 0 Å². The van der Waals surface area contributed by atoms with Crippen molar-refractivity contribution in [2.24, 2.45) is 0 Å². The number of aryl methyl sites for hydroxylation is 1. The summed E-state index contributed by atoms with van der Waals surface area (Å²) < 4.78 is 20.9. The van der Waals surface area contributed by atoms with Gasteiger partial charge in [0.15, 0.2) is 0 Å². The average Bonchev–Trinajstić information content (AvgIpc) is 2.71. The predicted octanol–water partition coefficient (Wildman–Crippen LogP) is 0.388. The van der Waals surface area contributed by atoms with Gasteiger partial charge >= 0.3 is 0 Å². The lowest BCUT2D eigenvalue weighted by Crippen LogP contribution is -3.14. The van der Waals surface area contributed by atoms with Crippen LogP contribution in [0.4, 0.5) is 4.39 Å². The molecule has 2 aliphatic rings. The van der Waals surface area contributed by atoms with Gasteiger partial charge < -0.3 is 24.6 Å². The Morgan fingerprint density at radius 2 is 2.14 bits per heavy atom. The lowest BCUT2D eigenvalue weighted by Gasteiger charge is -2.26. The van der Waals surface area contributed by atoms with Gasteiger partial charge in [-0.2, -0.15) is 0 Å². The smallest absolute Gasteiger partial charge is 0.267 e. The van der Waals surface area contributed by atoms with E-state index in [4.69, 9.17) is 4.74 Å². The molecular weight excluding hydrogens is 377 g/mol. The summed E-state index contributed by atoms with van der Waals surface area (Å²) in [5.74, 6) is -1.53. The van der Waals surface area contributed by atoms with Crippen LogP contribution in [0.25, 0.3) is 10.9 Å². The van der Waals surface area contributed by atoms with Gasteiger partial charge in [0, 0.05) is 24.4 Å². The van der Waals surface area contributed by atoms with Crippen molar-refractivity contribution >= 4 is 16.8 Å². The van der Waals surface area contributed by atoms with Gasteiger partial charge in [0.1, 0.15) is 30.2 Å². The molecule has 0 saturated carbocycles. The fraction of sp³-hybridized carbons (Fsp3) is 0.524. The molecule has 4 rings (SSSR count). The topological polar surface area (TPSA) is 85.0 Å². The molecule has 0 radical (unpaired) electrons. The van der Waals surface area contributed by atoms with Gasteiger partial charge in [-0.05, 0) is 37.5 Å². The molecule has 1 fully saturated rings. The van der Waals surface area contributed by atoms with Crippen LogP contribution in [0.3, 0.4) is 0 Å². The number of halogens is 1. The number of carbonyl (C=O) groups is 1. The maximum atomic E-state index is 14.1. The SMILES string of the molecule is C[C@@H]1CCc2cc(F)cc3c(O)c(C(=O)NCCC[NH+]4CCOCC4)c(=O)n1c23. The van der Waals surface area contributed by atoms with Crippen molar-refractivity contribution < 1.29 is 23.9 Å². The number of aromatic hydroxyl groups is 1. The molecule has 1 amide bonds. The number of ether oxygens (including phenoxy) is 1. The second-order valence-electron chi connectivity index (χ2n) is 7.97. The molecule has 1 aromatic heterocycles. The fourth-order valence-electron chi connectivity index (χ4n) is 4.43. The highest BCUT2D eigenvalue weighted by atomic mass is 19.1. The van der Waals surface area contributed by atoms with Crippen molar-refractivity contribution in [2.75, 3.05) is 39.4 Å². The largest absolute Gasteiger partial charge is 0.506 e. The summed E-state index contributed by atoms with van der Waals surface area (Å²) in [6.45, 7) is 6.63. The number of rotatable bonds is 5. The second kappa shape index (κ2) is 8.12. The first-order valence-corrected chi connectivity index (χ1v) is 10.3. The Bertz CT molecular complexity index is 998. The molecule has 1 saturated heterocycles. The summed E-state index contributed by atoms with van der Waals surface area (Å²) in [4.78, 5) is 27.2. The van der Waals surface area contributed by atoms with Crippen LogP contribution in [0.2, 0.25) is 0 Å². The first-order valence-electron chi connectivity index (χ1n) is 10.3. The Morgan fingerprint density at radius 3 is 2.90 bits per heavy atom. The molecular formula is C21H27FN3O4+. The molecule has 1 aromatic carbocycles. The molecule has 7 nitrogen and oxygen atoms in total. The van der Waals surface area contributed by atoms with E-state index in [0.29, 0.717) is 30.5 Å². The molecule has 2 aromatic rings. The van der Waals surface area contributed by atoms with Gasteiger partial charge in [-0.3, -0.25) is 9.59 Å². The third-order valence-corrected chi connectivity index (χ3v) is 6.01. The summed E-state index contributed by atoms with van der Waals surface area (Å²) in [7, 11) is 0. The van der Waals surface area contributed by atoms with Crippen LogP contribution in [-0.2, 0) is 11.2 Å². The Kier molecular flexibility index (Phi) is 5.56. The van der Waals surface area contributed by atoms with Crippen LogP contribution < -0.4 is 15.8 Å². The standard InChI is InChI=1S/C21H26FN3O4/c1-13-3-4-14-11-15(22)12-16-18(14)25(13)21(28)17(19(16)26)20(27)23-5-2-6-24-7-9-29-10-8-24/h11-13,26H,2-10H2,1H3,(H,23,27)/p+1/t13-/m1/s1. The summed E-state index contributed by atoms with van der Waals surface area (Å²) in [6, 6.07) is 2.47. The molecule has 29 heavy (non-hydrogen) atoms. The van der Waals surface area contributed by atoms with Gasteiger partial charge in [0.25, 0.3) is 11.5 Å². The van der Waals surface area contributed by atoms with Gasteiger partial charge in [0.2, 0.25) is 0 Å². The summed E-state index contributed by atoms with van der Waals surface area (Å²) >= 11 is 0. The number of nitrogens with zero attached hydrogens (tertiary/aromatic N) is 1. The van der Waals surface area contributed by atoms with Crippen molar-refractivity contribution in [1.82, 2.24) is 9.88 Å². The summed E-state index contributed by atoms with van der Waals surface area (Å²) in [5, 5.41) is 13.6. The minimum atomic E-state index is -0.612. The Morgan fingerprint density at radius 1 is 1.38 bits per heavy atom. The van der Waals surface area contributed by atoms with Crippen molar-refractivity contribution in [3.63, 3.8) is 0 Å². The molecule has 0 bridgehead atoms. The van der Waals surface area contributed by atoms with Crippen LogP contribution in [0.1, 0.15) is 41.7 Å². The van der Waals surface area contributed by atoms with E-state index in [1.165, 1.54) is 21.6 Å². The summed E-state index contributed by atoms with van der Waals surface area (Å²) in [6.07, 6.45) is 2.07. The molecule has 2 aliphatic heterocycles. The number of hydrogen-bond acceptors (Lipinski definition) is 4. The molecule has 0 unspecified atom stereocenters. The Labute approximate surface area is 168 Å². The van der Waals surface area contributed by atoms with Crippen molar-refractivity contribution in [2.45, 2.75) is 32.2 Å². The van der Waals surface area contributed by atoms with Crippen LogP contribution in [0.15, 0.2) is 16.9 Å². The molecule has 3 heterocycles. The summed E-state index contributed by atoms with van der Waals surface area (Å²) in [5.41, 5.74) is 0.388. The van der Waals surface area contributed by atoms with Crippen LogP contribution in [-0.4, -0.2) is 55.0 Å². The van der Waals surface area contributed by atoms with Gasteiger partial charge in [-0.1, -0.05) is 0 Å². The molecule has 0 aliphatic carbocycles. The molecule has 8 heteroatoms. The number of carbonyl (C=O) groups excluding carboxylic acids is 1. The van der Waals surface area contributed by atoms with E-state index in [2.05, 4.69) is 5.32 Å². The highest BCUT2D eigenvalue weighted by Crippen LogP contribution is 2.35. The molecule has 1 atom stereocenters. The van der Waals surface area contributed by atoms with Crippen LogP contribution in [0, 0.1) is 5.82 Å². The van der Waals surface area contributed by atoms with E-state index in [1.54, 1.807) is 0 Å². The van der Waals surface area contributed by atoms with Crippen molar-refractivity contribution in [3.8, 4) is 5.75 Å². The minimum Gasteiger partial charge on any atom is -0.506 e. The number of pyridine rings is 1. The van der Waals surface area contributed by atoms with E-state index < -0.39 is 23.0 Å².